The monoisotopic (exact) mass is 469 g/mol. The minimum Gasteiger partial charge on any atom is -0.456 e. The fourth-order valence-corrected chi connectivity index (χ4v) is 4.95. The zero-order valence-corrected chi connectivity index (χ0v) is 18.9. The van der Waals surface area contributed by atoms with Crippen LogP contribution in [0.25, 0.3) is 4.96 Å². The summed E-state index contributed by atoms with van der Waals surface area (Å²) in [5.74, 6) is -0.648. The molecule has 0 bridgehead atoms. The quantitative estimate of drug-likeness (QED) is 0.433. The molecule has 0 aliphatic carbocycles. The third-order valence-electron chi connectivity index (χ3n) is 4.68. The van der Waals surface area contributed by atoms with Crippen LogP contribution in [0, 0.1) is 13.8 Å². The van der Waals surface area contributed by atoms with Crippen LogP contribution < -0.4 is 10.3 Å². The van der Waals surface area contributed by atoms with E-state index in [-0.39, 0.29) is 22.6 Å². The van der Waals surface area contributed by atoms with Crippen LogP contribution in [0.3, 0.4) is 0 Å². The van der Waals surface area contributed by atoms with E-state index in [1.54, 1.807) is 24.3 Å². The highest BCUT2D eigenvalue weighted by molar-refractivity contribution is 7.92. The van der Waals surface area contributed by atoms with Gasteiger partial charge in [-0.3, -0.25) is 13.9 Å². The van der Waals surface area contributed by atoms with Gasteiger partial charge in [0.1, 0.15) is 6.61 Å². The van der Waals surface area contributed by atoms with E-state index in [1.807, 2.05) is 19.2 Å². The Morgan fingerprint density at radius 2 is 1.78 bits per heavy atom. The van der Waals surface area contributed by atoms with E-state index in [0.717, 1.165) is 11.3 Å². The molecule has 4 aromatic rings. The molecule has 10 heteroatoms. The second-order valence-electron chi connectivity index (χ2n) is 7.15. The zero-order chi connectivity index (χ0) is 22.9. The molecule has 4 rings (SSSR count). The van der Waals surface area contributed by atoms with E-state index in [2.05, 4.69) is 9.71 Å². The van der Waals surface area contributed by atoms with Gasteiger partial charge in [-0.2, -0.15) is 0 Å². The normalized spacial score (nSPS) is 11.4. The topological polar surface area (TPSA) is 107 Å². The summed E-state index contributed by atoms with van der Waals surface area (Å²) in [6, 6.07) is 13.7. The molecule has 8 nitrogen and oxygen atoms in total. The molecule has 1 N–H and O–H groups in total. The Morgan fingerprint density at radius 1 is 1.09 bits per heavy atom. The van der Waals surface area contributed by atoms with E-state index in [0.29, 0.717) is 16.3 Å². The minimum atomic E-state index is -3.80. The molecule has 0 aliphatic rings. The van der Waals surface area contributed by atoms with Crippen molar-refractivity contribution in [2.75, 3.05) is 4.72 Å². The van der Waals surface area contributed by atoms with Crippen LogP contribution in [-0.2, 0) is 21.4 Å². The summed E-state index contributed by atoms with van der Waals surface area (Å²) in [5, 5.41) is 1.82. The summed E-state index contributed by atoms with van der Waals surface area (Å²) in [4.78, 5) is 29.4. The van der Waals surface area contributed by atoms with Gasteiger partial charge in [-0.05, 0) is 50.2 Å². The molecule has 0 radical (unpaired) electrons. The van der Waals surface area contributed by atoms with Gasteiger partial charge < -0.3 is 4.74 Å². The summed E-state index contributed by atoms with van der Waals surface area (Å²) in [5.41, 5.74) is 2.53. The summed E-state index contributed by atoms with van der Waals surface area (Å²) in [6.45, 7) is 3.55. The van der Waals surface area contributed by atoms with Crippen LogP contribution in [0.2, 0.25) is 0 Å². The molecule has 164 valence electrons. The first kappa shape index (κ1) is 21.7. The third kappa shape index (κ3) is 4.56. The lowest BCUT2D eigenvalue weighted by Gasteiger charge is -2.09. The molecule has 0 atom stereocenters. The molecule has 32 heavy (non-hydrogen) atoms. The molecule has 0 saturated carbocycles. The van der Waals surface area contributed by atoms with Crippen molar-refractivity contribution in [3.05, 3.63) is 92.8 Å². The number of fused-ring (bicyclic) bond motifs is 1. The van der Waals surface area contributed by atoms with Crippen molar-refractivity contribution in [2.45, 2.75) is 25.3 Å². The number of ether oxygens (including phenoxy) is 1. The van der Waals surface area contributed by atoms with Gasteiger partial charge in [-0.25, -0.2) is 18.2 Å². The number of thiazole rings is 1. The van der Waals surface area contributed by atoms with Gasteiger partial charge in [0.25, 0.3) is 15.6 Å². The predicted molar refractivity (Wildman–Crippen MR) is 122 cm³/mol. The first-order valence-corrected chi connectivity index (χ1v) is 11.9. The second-order valence-corrected chi connectivity index (χ2v) is 9.67. The molecule has 2 aromatic carbocycles. The number of nitrogens with one attached hydrogen (secondary N) is 1. The largest absolute Gasteiger partial charge is 0.456 e. The van der Waals surface area contributed by atoms with Crippen LogP contribution in [0.1, 0.15) is 27.3 Å². The van der Waals surface area contributed by atoms with Crippen molar-refractivity contribution in [1.29, 1.82) is 0 Å². The maximum atomic E-state index is 12.6. The molecule has 2 heterocycles. The van der Waals surface area contributed by atoms with Crippen molar-refractivity contribution in [1.82, 2.24) is 9.38 Å². The fraction of sp³-hybridized carbons (Fsp3) is 0.136. The van der Waals surface area contributed by atoms with E-state index in [4.69, 9.17) is 4.74 Å². The van der Waals surface area contributed by atoms with Crippen LogP contribution in [0.15, 0.2) is 69.7 Å². The Morgan fingerprint density at radius 3 is 2.47 bits per heavy atom. The third-order valence-corrected chi connectivity index (χ3v) is 7.02. The van der Waals surface area contributed by atoms with Crippen molar-refractivity contribution in [3.8, 4) is 0 Å². The molecule has 0 spiro atoms. The summed E-state index contributed by atoms with van der Waals surface area (Å²) in [6.07, 6.45) is 0. The average Bonchev–Trinajstić information content (AvgIpc) is 3.15. The van der Waals surface area contributed by atoms with Gasteiger partial charge in [0, 0.05) is 22.8 Å². The van der Waals surface area contributed by atoms with Crippen molar-refractivity contribution in [2.24, 2.45) is 0 Å². The molecule has 2 aromatic heterocycles. The Kier molecular flexibility index (Phi) is 5.81. The maximum Gasteiger partial charge on any atom is 0.338 e. The molecule has 0 fully saturated rings. The van der Waals surface area contributed by atoms with Gasteiger partial charge in [0.15, 0.2) is 4.96 Å². The highest BCUT2D eigenvalue weighted by Crippen LogP contribution is 2.18. The van der Waals surface area contributed by atoms with Crippen LogP contribution in [-0.4, -0.2) is 23.8 Å². The summed E-state index contributed by atoms with van der Waals surface area (Å²) < 4.78 is 34.3. The Bertz CT molecular complexity index is 1450. The number of sulfonamides is 1. The van der Waals surface area contributed by atoms with E-state index in [9.17, 15) is 18.0 Å². The SMILES string of the molecule is Cc1ccc(NS(=O)(=O)c2ccc(C(=O)OCc3cc(=O)n4c(C)csc4n3)cc2)cc1. The fourth-order valence-electron chi connectivity index (χ4n) is 3.00. The molecule has 0 amide bonds. The predicted octanol–water partition coefficient (Wildman–Crippen LogP) is 3.53. The highest BCUT2D eigenvalue weighted by Gasteiger charge is 2.16. The van der Waals surface area contributed by atoms with Gasteiger partial charge >= 0.3 is 5.97 Å². The number of anilines is 1. The lowest BCUT2D eigenvalue weighted by atomic mass is 10.2. The number of carbonyl (C=O) groups is 1. The number of esters is 1. The van der Waals surface area contributed by atoms with E-state index < -0.39 is 16.0 Å². The Balaban J connectivity index is 1.44. The lowest BCUT2D eigenvalue weighted by Crippen LogP contribution is -2.16. The Hall–Kier alpha value is -3.50. The first-order chi connectivity index (χ1) is 15.2. The number of benzene rings is 2. The number of aryl methyl sites for hydroxylation is 2. The average molecular weight is 470 g/mol. The number of carbonyl (C=O) groups excluding carboxylic acids is 1. The van der Waals surface area contributed by atoms with E-state index >= 15 is 0 Å². The molecule has 0 aliphatic heterocycles. The lowest BCUT2D eigenvalue weighted by molar-refractivity contribution is 0.0467. The maximum absolute atomic E-state index is 12.6. The number of aromatic nitrogens is 2. The standard InChI is InChI=1S/C22H19N3O5S2/c1-14-3-7-17(8-4-14)24-32(28,29)19-9-5-16(6-10-19)21(27)30-12-18-11-20(26)25-15(2)13-31-22(25)23-18/h3-11,13,24H,12H2,1-2H3. The Labute approximate surface area is 188 Å². The number of rotatable bonds is 6. The molecule has 0 saturated heterocycles. The molecule has 0 unspecified atom stereocenters. The van der Waals surface area contributed by atoms with Gasteiger partial charge in [-0.1, -0.05) is 17.7 Å². The van der Waals surface area contributed by atoms with Crippen LogP contribution in [0.4, 0.5) is 5.69 Å². The number of nitrogens with zero attached hydrogens (tertiary/aromatic N) is 2. The van der Waals surface area contributed by atoms with Gasteiger partial charge in [-0.15, -0.1) is 11.3 Å². The van der Waals surface area contributed by atoms with Crippen LogP contribution in [0.5, 0.6) is 0 Å². The van der Waals surface area contributed by atoms with Gasteiger partial charge in [0.05, 0.1) is 16.2 Å². The minimum absolute atomic E-state index is 0.0165. The van der Waals surface area contributed by atoms with Crippen LogP contribution >= 0.6 is 11.3 Å². The highest BCUT2D eigenvalue weighted by atomic mass is 32.2. The summed E-state index contributed by atoms with van der Waals surface area (Å²) in [7, 11) is -3.80. The first-order valence-electron chi connectivity index (χ1n) is 9.56. The number of hydrogen-bond acceptors (Lipinski definition) is 7. The van der Waals surface area contributed by atoms with Gasteiger partial charge in [0.2, 0.25) is 0 Å². The van der Waals surface area contributed by atoms with Crippen molar-refractivity contribution >= 4 is 38.0 Å². The van der Waals surface area contributed by atoms with Crippen molar-refractivity contribution in [3.63, 3.8) is 0 Å². The second kappa shape index (κ2) is 8.56. The number of hydrogen-bond donors (Lipinski definition) is 1. The van der Waals surface area contributed by atoms with Crippen molar-refractivity contribution < 1.29 is 17.9 Å². The molecular formula is C22H19N3O5S2. The van der Waals surface area contributed by atoms with E-state index in [1.165, 1.54) is 46.1 Å². The summed E-state index contributed by atoms with van der Waals surface area (Å²) >= 11 is 1.33. The smallest absolute Gasteiger partial charge is 0.338 e. The zero-order valence-electron chi connectivity index (χ0n) is 17.2. The molecular weight excluding hydrogens is 450 g/mol.